The summed E-state index contributed by atoms with van der Waals surface area (Å²) in [6.45, 7) is 6.66. The summed E-state index contributed by atoms with van der Waals surface area (Å²) < 4.78 is 0. The van der Waals surface area contributed by atoms with Crippen molar-refractivity contribution in [3.05, 3.63) is 71.6 Å². The topological polar surface area (TPSA) is 45.2 Å². The van der Waals surface area contributed by atoms with Gasteiger partial charge in [0.25, 0.3) is 0 Å². The SMILES string of the molecule is CC(C)c1ccc(/C=C/C(=O)N[C@@H]2C3CCN(CC3)[C@H]2Cc2cccnc2)cc1. The summed E-state index contributed by atoms with van der Waals surface area (Å²) in [5, 5.41) is 3.33. The van der Waals surface area contributed by atoms with E-state index >= 15 is 0 Å². The molecule has 5 rings (SSSR count). The van der Waals surface area contributed by atoms with Crippen molar-refractivity contribution in [2.24, 2.45) is 5.92 Å². The summed E-state index contributed by atoms with van der Waals surface area (Å²) >= 11 is 0. The van der Waals surface area contributed by atoms with Crippen LogP contribution in [0.15, 0.2) is 54.9 Å². The molecule has 0 unspecified atom stereocenters. The van der Waals surface area contributed by atoms with Gasteiger partial charge in [-0.25, -0.2) is 0 Å². The lowest BCUT2D eigenvalue weighted by atomic mass is 9.77. The molecule has 2 bridgehead atoms. The average molecular weight is 390 g/mol. The number of nitrogens with one attached hydrogen (secondary N) is 1. The Hall–Kier alpha value is -2.46. The molecule has 3 fully saturated rings. The van der Waals surface area contributed by atoms with Crippen LogP contribution in [0.1, 0.15) is 49.3 Å². The maximum Gasteiger partial charge on any atom is 0.244 e. The molecule has 0 radical (unpaired) electrons. The molecule has 4 heterocycles. The van der Waals surface area contributed by atoms with E-state index in [1.165, 1.54) is 24.0 Å². The Morgan fingerprint density at radius 2 is 1.97 bits per heavy atom. The number of carbonyl (C=O) groups excluding carboxylic acids is 1. The number of amides is 1. The monoisotopic (exact) mass is 389 g/mol. The highest BCUT2D eigenvalue weighted by molar-refractivity contribution is 5.92. The lowest BCUT2D eigenvalue weighted by Crippen LogP contribution is -2.64. The van der Waals surface area contributed by atoms with Gasteiger partial charge in [-0.2, -0.15) is 0 Å². The van der Waals surface area contributed by atoms with Gasteiger partial charge in [0.05, 0.1) is 0 Å². The quantitative estimate of drug-likeness (QED) is 0.759. The van der Waals surface area contributed by atoms with Gasteiger partial charge < -0.3 is 5.32 Å². The first-order valence-corrected chi connectivity index (χ1v) is 10.8. The van der Waals surface area contributed by atoms with E-state index < -0.39 is 0 Å². The smallest absolute Gasteiger partial charge is 0.244 e. The second-order valence-electron chi connectivity index (χ2n) is 8.70. The summed E-state index contributed by atoms with van der Waals surface area (Å²) in [6.07, 6.45) is 10.6. The number of hydrogen-bond donors (Lipinski definition) is 1. The molecular weight excluding hydrogens is 358 g/mol. The minimum Gasteiger partial charge on any atom is -0.348 e. The maximum atomic E-state index is 12.7. The van der Waals surface area contributed by atoms with Gasteiger partial charge in [0, 0.05) is 30.6 Å². The van der Waals surface area contributed by atoms with Crippen LogP contribution in [0, 0.1) is 5.92 Å². The number of benzene rings is 1. The molecular formula is C25H31N3O. The highest BCUT2D eigenvalue weighted by Crippen LogP contribution is 2.34. The number of piperidine rings is 3. The van der Waals surface area contributed by atoms with Gasteiger partial charge in [-0.3, -0.25) is 14.7 Å². The van der Waals surface area contributed by atoms with Crippen LogP contribution in [0.3, 0.4) is 0 Å². The van der Waals surface area contributed by atoms with Crippen LogP contribution in [-0.4, -0.2) is 41.0 Å². The fourth-order valence-electron chi connectivity index (χ4n) is 4.76. The first kappa shape index (κ1) is 19.8. The fraction of sp³-hybridized carbons (Fsp3) is 0.440. The molecule has 4 nitrogen and oxygen atoms in total. The number of nitrogens with zero attached hydrogens (tertiary/aromatic N) is 2. The van der Waals surface area contributed by atoms with Gasteiger partial charge in [0.2, 0.25) is 5.91 Å². The molecule has 0 spiro atoms. The highest BCUT2D eigenvalue weighted by atomic mass is 16.1. The second-order valence-corrected chi connectivity index (χ2v) is 8.70. The predicted octanol–water partition coefficient (Wildman–Crippen LogP) is 4.04. The van der Waals surface area contributed by atoms with Gasteiger partial charge in [-0.05, 0) is 73.0 Å². The fourth-order valence-corrected chi connectivity index (χ4v) is 4.76. The first-order chi connectivity index (χ1) is 14.1. The molecule has 0 aliphatic carbocycles. The molecule has 2 aromatic rings. The summed E-state index contributed by atoms with van der Waals surface area (Å²) in [5.41, 5.74) is 3.62. The Bertz CT molecular complexity index is 836. The minimum atomic E-state index is 0.00729. The Kier molecular flexibility index (Phi) is 6.10. The van der Waals surface area contributed by atoms with Crippen molar-refractivity contribution in [2.45, 2.75) is 51.1 Å². The van der Waals surface area contributed by atoms with Crippen molar-refractivity contribution in [1.82, 2.24) is 15.2 Å². The molecule has 29 heavy (non-hydrogen) atoms. The molecule has 1 aromatic heterocycles. The molecule has 3 saturated heterocycles. The number of carbonyl (C=O) groups is 1. The van der Waals surface area contributed by atoms with Gasteiger partial charge in [-0.15, -0.1) is 0 Å². The van der Waals surface area contributed by atoms with E-state index in [0.717, 1.165) is 25.1 Å². The number of rotatable bonds is 6. The maximum absolute atomic E-state index is 12.7. The van der Waals surface area contributed by atoms with Crippen molar-refractivity contribution in [1.29, 1.82) is 0 Å². The van der Waals surface area contributed by atoms with Gasteiger partial charge in [0.1, 0.15) is 0 Å². The Labute approximate surface area is 174 Å². The van der Waals surface area contributed by atoms with Gasteiger partial charge in [0.15, 0.2) is 0 Å². The zero-order chi connectivity index (χ0) is 20.2. The molecule has 3 aliphatic heterocycles. The standard InChI is InChI=1S/C25H31N3O/c1-18(2)21-8-5-19(6-9-21)7-10-24(29)27-25-22-11-14-28(15-12-22)23(25)16-20-4-3-13-26-17-20/h3-10,13,17-18,22-23,25H,11-12,14-16H2,1-2H3,(H,27,29)/b10-7+/t23-,25+/m0/s1. The zero-order valence-electron chi connectivity index (χ0n) is 17.4. The zero-order valence-corrected chi connectivity index (χ0v) is 17.4. The van der Waals surface area contributed by atoms with E-state index in [4.69, 9.17) is 0 Å². The van der Waals surface area contributed by atoms with Crippen molar-refractivity contribution >= 4 is 12.0 Å². The molecule has 1 N–H and O–H groups in total. The number of fused-ring (bicyclic) bond motifs is 3. The van der Waals surface area contributed by atoms with Crippen LogP contribution < -0.4 is 5.32 Å². The average Bonchev–Trinajstić information content (AvgIpc) is 2.75. The molecule has 4 heteroatoms. The largest absolute Gasteiger partial charge is 0.348 e. The van der Waals surface area contributed by atoms with Crippen molar-refractivity contribution in [2.75, 3.05) is 13.1 Å². The summed E-state index contributed by atoms with van der Waals surface area (Å²) in [5.74, 6) is 1.10. The molecule has 1 aromatic carbocycles. The van der Waals surface area contributed by atoms with Crippen LogP contribution in [0.4, 0.5) is 0 Å². The Balaban J connectivity index is 1.42. The van der Waals surface area contributed by atoms with Crippen molar-refractivity contribution in [3.8, 4) is 0 Å². The van der Waals surface area contributed by atoms with E-state index in [2.05, 4.69) is 59.4 Å². The summed E-state index contributed by atoms with van der Waals surface area (Å²) in [4.78, 5) is 19.5. The van der Waals surface area contributed by atoms with Crippen LogP contribution in [0.2, 0.25) is 0 Å². The third-order valence-electron chi connectivity index (χ3n) is 6.47. The Morgan fingerprint density at radius 1 is 1.21 bits per heavy atom. The molecule has 1 amide bonds. The number of pyridine rings is 1. The lowest BCUT2D eigenvalue weighted by Gasteiger charge is -2.51. The third kappa shape index (κ3) is 4.76. The predicted molar refractivity (Wildman–Crippen MR) is 118 cm³/mol. The third-order valence-corrected chi connectivity index (χ3v) is 6.47. The van der Waals surface area contributed by atoms with Crippen LogP contribution >= 0.6 is 0 Å². The van der Waals surface area contributed by atoms with Crippen LogP contribution in [0.5, 0.6) is 0 Å². The normalized spacial score (nSPS) is 26.2. The van der Waals surface area contributed by atoms with E-state index in [-0.39, 0.29) is 11.9 Å². The van der Waals surface area contributed by atoms with Crippen LogP contribution in [0.25, 0.3) is 6.08 Å². The van der Waals surface area contributed by atoms with Crippen LogP contribution in [-0.2, 0) is 11.2 Å². The van der Waals surface area contributed by atoms with Crippen molar-refractivity contribution < 1.29 is 4.79 Å². The molecule has 2 atom stereocenters. The van der Waals surface area contributed by atoms with E-state index in [9.17, 15) is 4.79 Å². The van der Waals surface area contributed by atoms with E-state index in [1.54, 1.807) is 6.08 Å². The molecule has 152 valence electrons. The van der Waals surface area contributed by atoms with Crippen molar-refractivity contribution in [3.63, 3.8) is 0 Å². The Morgan fingerprint density at radius 3 is 2.62 bits per heavy atom. The molecule has 0 saturated carbocycles. The number of hydrogen-bond acceptors (Lipinski definition) is 3. The lowest BCUT2D eigenvalue weighted by molar-refractivity contribution is -0.119. The summed E-state index contributed by atoms with van der Waals surface area (Å²) in [6, 6.07) is 13.1. The second kappa shape index (κ2) is 8.91. The number of aromatic nitrogens is 1. The molecule has 3 aliphatic rings. The van der Waals surface area contributed by atoms with Gasteiger partial charge >= 0.3 is 0 Å². The van der Waals surface area contributed by atoms with E-state index in [1.807, 2.05) is 24.5 Å². The first-order valence-electron chi connectivity index (χ1n) is 10.8. The van der Waals surface area contributed by atoms with Gasteiger partial charge in [-0.1, -0.05) is 44.2 Å². The minimum absolute atomic E-state index is 0.00729. The summed E-state index contributed by atoms with van der Waals surface area (Å²) in [7, 11) is 0. The highest BCUT2D eigenvalue weighted by Gasteiger charge is 2.42. The van der Waals surface area contributed by atoms with E-state index in [0.29, 0.717) is 17.9 Å².